The summed E-state index contributed by atoms with van der Waals surface area (Å²) >= 11 is 0. The van der Waals surface area contributed by atoms with Gasteiger partial charge in [-0.3, -0.25) is 4.79 Å². The number of amides is 1. The monoisotopic (exact) mass is 251 g/mol. The standard InChI is InChI=1S/C13H21N3O2/c1-4-18-12-8-10(14)7-11(9-12)16(3)6-5-13(17)15-2/h7-9H,4-6,14H2,1-3H3,(H,15,17). The highest BCUT2D eigenvalue weighted by Crippen LogP contribution is 2.25. The van der Waals surface area contributed by atoms with Gasteiger partial charge in [-0.15, -0.1) is 0 Å². The molecular weight excluding hydrogens is 230 g/mol. The van der Waals surface area contributed by atoms with Gasteiger partial charge in [0.15, 0.2) is 0 Å². The minimum Gasteiger partial charge on any atom is -0.494 e. The predicted octanol–water partition coefficient (Wildman–Crippen LogP) is 1.24. The number of anilines is 2. The number of nitrogens with two attached hydrogens (primary N) is 1. The van der Waals surface area contributed by atoms with Gasteiger partial charge in [0, 0.05) is 50.6 Å². The predicted molar refractivity (Wildman–Crippen MR) is 74.0 cm³/mol. The summed E-state index contributed by atoms with van der Waals surface area (Å²) in [6.07, 6.45) is 0.450. The summed E-state index contributed by atoms with van der Waals surface area (Å²) in [5.74, 6) is 0.773. The smallest absolute Gasteiger partial charge is 0.221 e. The number of nitrogens with zero attached hydrogens (tertiary/aromatic N) is 1. The first-order chi connectivity index (χ1) is 8.56. The third kappa shape index (κ3) is 4.16. The van der Waals surface area contributed by atoms with Crippen LogP contribution in [0.25, 0.3) is 0 Å². The van der Waals surface area contributed by atoms with Crippen LogP contribution in [0.4, 0.5) is 11.4 Å². The van der Waals surface area contributed by atoms with Crippen molar-refractivity contribution in [2.45, 2.75) is 13.3 Å². The van der Waals surface area contributed by atoms with Gasteiger partial charge in [0.25, 0.3) is 0 Å². The van der Waals surface area contributed by atoms with Crippen molar-refractivity contribution in [1.29, 1.82) is 0 Å². The molecule has 0 atom stereocenters. The van der Waals surface area contributed by atoms with Crippen LogP contribution in [-0.4, -0.2) is 33.2 Å². The van der Waals surface area contributed by atoms with Crippen LogP contribution in [0.5, 0.6) is 5.75 Å². The van der Waals surface area contributed by atoms with Crippen molar-refractivity contribution in [2.24, 2.45) is 0 Å². The Balaban J connectivity index is 2.72. The molecule has 1 aromatic rings. The Morgan fingerprint density at radius 2 is 2.17 bits per heavy atom. The summed E-state index contributed by atoms with van der Waals surface area (Å²) in [6, 6.07) is 5.58. The molecule has 1 aromatic carbocycles. The van der Waals surface area contributed by atoms with Gasteiger partial charge in [-0.05, 0) is 13.0 Å². The average Bonchev–Trinajstić information content (AvgIpc) is 2.35. The van der Waals surface area contributed by atoms with E-state index in [2.05, 4.69) is 5.32 Å². The zero-order valence-electron chi connectivity index (χ0n) is 11.2. The van der Waals surface area contributed by atoms with Crippen LogP contribution in [0.2, 0.25) is 0 Å². The third-order valence-electron chi connectivity index (χ3n) is 2.62. The second-order valence-corrected chi connectivity index (χ2v) is 4.04. The van der Waals surface area contributed by atoms with Gasteiger partial charge in [0.1, 0.15) is 5.75 Å². The van der Waals surface area contributed by atoms with E-state index in [4.69, 9.17) is 10.5 Å². The van der Waals surface area contributed by atoms with Crippen molar-refractivity contribution in [3.8, 4) is 5.75 Å². The summed E-state index contributed by atoms with van der Waals surface area (Å²) in [6.45, 7) is 3.16. The minimum absolute atomic E-state index is 0.0239. The van der Waals surface area contributed by atoms with Crippen LogP contribution >= 0.6 is 0 Å². The SMILES string of the molecule is CCOc1cc(N)cc(N(C)CCC(=O)NC)c1. The lowest BCUT2D eigenvalue weighted by molar-refractivity contribution is -0.120. The summed E-state index contributed by atoms with van der Waals surface area (Å²) in [4.78, 5) is 13.2. The van der Waals surface area contributed by atoms with E-state index < -0.39 is 0 Å². The van der Waals surface area contributed by atoms with Crippen LogP contribution in [0.1, 0.15) is 13.3 Å². The molecule has 0 unspecified atom stereocenters. The molecule has 1 rings (SSSR count). The normalized spacial score (nSPS) is 9.94. The topological polar surface area (TPSA) is 67.6 Å². The van der Waals surface area contributed by atoms with Gasteiger partial charge in [-0.25, -0.2) is 0 Å². The largest absolute Gasteiger partial charge is 0.494 e. The number of benzene rings is 1. The number of carbonyl (C=O) groups is 1. The first kappa shape index (κ1) is 14.2. The van der Waals surface area contributed by atoms with Crippen LogP contribution in [-0.2, 0) is 4.79 Å². The van der Waals surface area contributed by atoms with Gasteiger partial charge in [0.05, 0.1) is 6.61 Å². The van der Waals surface area contributed by atoms with Gasteiger partial charge < -0.3 is 20.7 Å². The number of ether oxygens (including phenoxy) is 1. The molecule has 0 bridgehead atoms. The fourth-order valence-corrected chi connectivity index (χ4v) is 1.60. The molecule has 100 valence electrons. The van der Waals surface area contributed by atoms with E-state index in [0.29, 0.717) is 25.3 Å². The average molecular weight is 251 g/mol. The molecule has 0 fully saturated rings. The molecule has 0 aliphatic rings. The highest BCUT2D eigenvalue weighted by Gasteiger charge is 2.06. The number of hydrogen-bond acceptors (Lipinski definition) is 4. The van der Waals surface area contributed by atoms with Crippen LogP contribution < -0.4 is 20.7 Å². The van der Waals surface area contributed by atoms with E-state index in [1.807, 2.05) is 31.0 Å². The maximum absolute atomic E-state index is 11.2. The first-order valence-electron chi connectivity index (χ1n) is 6.02. The summed E-state index contributed by atoms with van der Waals surface area (Å²) < 4.78 is 5.44. The van der Waals surface area contributed by atoms with E-state index in [9.17, 15) is 4.79 Å². The molecule has 3 N–H and O–H groups in total. The first-order valence-corrected chi connectivity index (χ1v) is 6.02. The summed E-state index contributed by atoms with van der Waals surface area (Å²) in [5.41, 5.74) is 7.43. The van der Waals surface area contributed by atoms with Crippen molar-refractivity contribution in [2.75, 3.05) is 37.9 Å². The van der Waals surface area contributed by atoms with Crippen LogP contribution in [0, 0.1) is 0 Å². The lowest BCUT2D eigenvalue weighted by atomic mass is 10.2. The van der Waals surface area contributed by atoms with Crippen molar-refractivity contribution in [3.05, 3.63) is 18.2 Å². The molecule has 0 aromatic heterocycles. The highest BCUT2D eigenvalue weighted by molar-refractivity contribution is 5.76. The highest BCUT2D eigenvalue weighted by atomic mass is 16.5. The molecule has 0 saturated heterocycles. The maximum atomic E-state index is 11.2. The van der Waals surface area contributed by atoms with E-state index >= 15 is 0 Å². The molecule has 0 aliphatic carbocycles. The number of rotatable bonds is 6. The molecule has 5 nitrogen and oxygen atoms in total. The molecule has 0 aliphatic heterocycles. The quantitative estimate of drug-likeness (QED) is 0.746. The second kappa shape index (κ2) is 6.74. The molecule has 5 heteroatoms. The lowest BCUT2D eigenvalue weighted by Gasteiger charge is -2.20. The van der Waals surface area contributed by atoms with Gasteiger partial charge in [-0.1, -0.05) is 0 Å². The third-order valence-corrected chi connectivity index (χ3v) is 2.62. The van der Waals surface area contributed by atoms with E-state index in [-0.39, 0.29) is 5.91 Å². The number of carbonyl (C=O) groups excluding carboxylic acids is 1. The Kier molecular flexibility index (Phi) is 5.30. The van der Waals surface area contributed by atoms with Gasteiger partial charge in [0.2, 0.25) is 5.91 Å². The molecule has 0 heterocycles. The van der Waals surface area contributed by atoms with Crippen molar-refractivity contribution in [3.63, 3.8) is 0 Å². The van der Waals surface area contributed by atoms with E-state index in [1.54, 1.807) is 13.1 Å². The number of nitrogens with one attached hydrogen (secondary N) is 1. The molecule has 0 saturated carbocycles. The summed E-state index contributed by atoms with van der Waals surface area (Å²) in [5, 5.41) is 2.60. The van der Waals surface area contributed by atoms with Crippen LogP contribution in [0.15, 0.2) is 18.2 Å². The second-order valence-electron chi connectivity index (χ2n) is 4.04. The fourth-order valence-electron chi connectivity index (χ4n) is 1.60. The van der Waals surface area contributed by atoms with Gasteiger partial charge >= 0.3 is 0 Å². The van der Waals surface area contributed by atoms with Crippen molar-refractivity contribution in [1.82, 2.24) is 5.32 Å². The Bertz CT molecular complexity index is 407. The lowest BCUT2D eigenvalue weighted by Crippen LogP contribution is -2.26. The Morgan fingerprint density at radius 1 is 1.44 bits per heavy atom. The number of nitrogen functional groups attached to an aromatic ring is 1. The van der Waals surface area contributed by atoms with Crippen molar-refractivity contribution >= 4 is 17.3 Å². The Labute approximate surface area is 108 Å². The number of hydrogen-bond donors (Lipinski definition) is 2. The Morgan fingerprint density at radius 3 is 2.78 bits per heavy atom. The van der Waals surface area contributed by atoms with Crippen LogP contribution in [0.3, 0.4) is 0 Å². The molecule has 1 amide bonds. The maximum Gasteiger partial charge on any atom is 0.221 e. The molecule has 0 radical (unpaired) electrons. The van der Waals surface area contributed by atoms with Gasteiger partial charge in [-0.2, -0.15) is 0 Å². The van der Waals surface area contributed by atoms with E-state index in [0.717, 1.165) is 11.4 Å². The molecule has 18 heavy (non-hydrogen) atoms. The zero-order valence-corrected chi connectivity index (χ0v) is 11.2. The minimum atomic E-state index is 0.0239. The zero-order chi connectivity index (χ0) is 13.5. The fraction of sp³-hybridized carbons (Fsp3) is 0.462. The summed E-state index contributed by atoms with van der Waals surface area (Å²) in [7, 11) is 3.56. The van der Waals surface area contributed by atoms with E-state index in [1.165, 1.54) is 0 Å². The Hall–Kier alpha value is -1.91. The molecule has 0 spiro atoms. The molecular formula is C13H21N3O2. The van der Waals surface area contributed by atoms with Crippen molar-refractivity contribution < 1.29 is 9.53 Å².